The zero-order chi connectivity index (χ0) is 19.1. The topological polar surface area (TPSA) is 44.3 Å². The number of hydrogen-bond acceptors (Lipinski definition) is 5. The van der Waals surface area contributed by atoms with Crippen LogP contribution in [0.3, 0.4) is 0 Å². The Morgan fingerprint density at radius 1 is 1.15 bits per heavy atom. The number of hydrogen-bond donors (Lipinski definition) is 1. The number of piperidine rings is 1. The summed E-state index contributed by atoms with van der Waals surface area (Å²) in [5.74, 6) is 1.80. The number of rotatable bonds is 8. The first-order chi connectivity index (χ1) is 13.2. The summed E-state index contributed by atoms with van der Waals surface area (Å²) in [6, 6.07) is 13.0. The van der Waals surface area contributed by atoms with Crippen molar-refractivity contribution in [3.05, 3.63) is 36.4 Å². The first-order valence-electron chi connectivity index (χ1n) is 10.3. The second-order valence-corrected chi connectivity index (χ2v) is 7.64. The highest BCUT2D eigenvalue weighted by Gasteiger charge is 2.24. The van der Waals surface area contributed by atoms with Crippen LogP contribution in [-0.4, -0.2) is 54.6 Å². The molecule has 5 heteroatoms. The molecule has 1 aliphatic rings. The summed E-state index contributed by atoms with van der Waals surface area (Å²) in [5, 5.41) is 3.52. The van der Waals surface area contributed by atoms with Crippen molar-refractivity contribution in [2.45, 2.75) is 45.1 Å². The molecule has 27 heavy (non-hydrogen) atoms. The monoisotopic (exact) mass is 367 g/mol. The van der Waals surface area contributed by atoms with Crippen LogP contribution in [-0.2, 0) is 0 Å². The average Bonchev–Trinajstić information content (AvgIpc) is 2.71. The maximum atomic E-state index is 4.95. The fraction of sp³-hybridized carbons (Fsp3) is 0.545. The van der Waals surface area contributed by atoms with Crippen molar-refractivity contribution in [2.75, 3.05) is 43.9 Å². The van der Waals surface area contributed by atoms with Crippen LogP contribution in [0.5, 0.6) is 0 Å². The molecular weight excluding hydrogens is 334 g/mol. The average molecular weight is 368 g/mol. The van der Waals surface area contributed by atoms with E-state index in [2.05, 4.69) is 66.5 Å². The molecule has 5 nitrogen and oxygen atoms in total. The molecule has 0 aliphatic carbocycles. The standard InChI is InChI=1S/C22H33N5/c1-4-19-13-8-9-16-27(19)22-24-20(18-11-6-5-7-12-18)17-21(25-22)23-14-10-15-26(2)3/h5-7,11-12,17,19H,4,8-10,13-16H2,1-3H3,(H,23,24,25). The minimum absolute atomic E-state index is 0.548. The van der Waals surface area contributed by atoms with E-state index in [1.165, 1.54) is 19.3 Å². The molecule has 2 heterocycles. The van der Waals surface area contributed by atoms with Gasteiger partial charge in [0.2, 0.25) is 5.95 Å². The van der Waals surface area contributed by atoms with Gasteiger partial charge in [0, 0.05) is 30.8 Å². The van der Waals surface area contributed by atoms with E-state index < -0.39 is 0 Å². The third-order valence-corrected chi connectivity index (χ3v) is 5.23. The SMILES string of the molecule is CCC1CCCCN1c1nc(NCCCN(C)C)cc(-c2ccccc2)n1. The lowest BCUT2D eigenvalue weighted by atomic mass is 10.0. The Bertz CT molecular complexity index is 701. The van der Waals surface area contributed by atoms with Gasteiger partial charge in [-0.25, -0.2) is 4.98 Å². The van der Waals surface area contributed by atoms with E-state index in [1.54, 1.807) is 0 Å². The van der Waals surface area contributed by atoms with Gasteiger partial charge in [0.15, 0.2) is 0 Å². The normalized spacial score (nSPS) is 17.3. The molecule has 0 spiro atoms. The predicted octanol–water partition coefficient (Wildman–Crippen LogP) is 4.28. The third-order valence-electron chi connectivity index (χ3n) is 5.23. The molecule has 1 atom stereocenters. The number of nitrogens with zero attached hydrogens (tertiary/aromatic N) is 4. The van der Waals surface area contributed by atoms with Crippen LogP contribution in [0.4, 0.5) is 11.8 Å². The van der Waals surface area contributed by atoms with Crippen molar-refractivity contribution < 1.29 is 0 Å². The van der Waals surface area contributed by atoms with Crippen LogP contribution in [0.25, 0.3) is 11.3 Å². The molecule has 2 aromatic rings. The van der Waals surface area contributed by atoms with Gasteiger partial charge in [-0.15, -0.1) is 0 Å². The minimum Gasteiger partial charge on any atom is -0.370 e. The molecule has 0 saturated carbocycles. The van der Waals surface area contributed by atoms with Gasteiger partial charge in [-0.2, -0.15) is 4.98 Å². The lowest BCUT2D eigenvalue weighted by molar-refractivity contribution is 0.405. The Labute approximate surface area is 163 Å². The molecule has 146 valence electrons. The summed E-state index contributed by atoms with van der Waals surface area (Å²) in [6.45, 7) is 5.31. The largest absolute Gasteiger partial charge is 0.370 e. The van der Waals surface area contributed by atoms with Gasteiger partial charge in [0.25, 0.3) is 0 Å². The van der Waals surface area contributed by atoms with Gasteiger partial charge in [-0.3, -0.25) is 0 Å². The zero-order valence-corrected chi connectivity index (χ0v) is 17.0. The number of aromatic nitrogens is 2. The van der Waals surface area contributed by atoms with Crippen molar-refractivity contribution in [2.24, 2.45) is 0 Å². The minimum atomic E-state index is 0.548. The smallest absolute Gasteiger partial charge is 0.228 e. The summed E-state index contributed by atoms with van der Waals surface area (Å²) in [6.07, 6.45) is 6.00. The van der Waals surface area contributed by atoms with Crippen molar-refractivity contribution in [3.63, 3.8) is 0 Å². The highest BCUT2D eigenvalue weighted by Crippen LogP contribution is 2.28. The Morgan fingerprint density at radius 3 is 2.70 bits per heavy atom. The number of anilines is 2. The molecule has 1 aromatic heterocycles. The number of nitrogens with one attached hydrogen (secondary N) is 1. The Morgan fingerprint density at radius 2 is 1.96 bits per heavy atom. The molecule has 3 rings (SSSR count). The van der Waals surface area contributed by atoms with Crippen LogP contribution >= 0.6 is 0 Å². The van der Waals surface area contributed by atoms with E-state index in [1.807, 2.05) is 6.07 Å². The summed E-state index contributed by atoms with van der Waals surface area (Å²) < 4.78 is 0. The molecular formula is C22H33N5. The van der Waals surface area contributed by atoms with Crippen LogP contribution < -0.4 is 10.2 Å². The highest BCUT2D eigenvalue weighted by molar-refractivity contribution is 5.64. The van der Waals surface area contributed by atoms with E-state index in [9.17, 15) is 0 Å². The molecule has 1 aromatic carbocycles. The summed E-state index contributed by atoms with van der Waals surface area (Å²) >= 11 is 0. The van der Waals surface area contributed by atoms with Gasteiger partial charge in [0.05, 0.1) is 5.69 Å². The molecule has 0 radical (unpaired) electrons. The predicted molar refractivity (Wildman–Crippen MR) is 114 cm³/mol. The van der Waals surface area contributed by atoms with Crippen molar-refractivity contribution >= 4 is 11.8 Å². The van der Waals surface area contributed by atoms with E-state index in [0.29, 0.717) is 6.04 Å². The van der Waals surface area contributed by atoms with Gasteiger partial charge in [-0.1, -0.05) is 37.3 Å². The second kappa shape index (κ2) is 9.70. The molecule has 1 fully saturated rings. The van der Waals surface area contributed by atoms with Crippen LogP contribution in [0.15, 0.2) is 36.4 Å². The van der Waals surface area contributed by atoms with E-state index in [-0.39, 0.29) is 0 Å². The third kappa shape index (κ3) is 5.42. The molecule has 1 aliphatic heterocycles. The summed E-state index contributed by atoms with van der Waals surface area (Å²) in [4.78, 5) is 14.5. The Kier molecular flexibility index (Phi) is 7.04. The second-order valence-electron chi connectivity index (χ2n) is 7.64. The van der Waals surface area contributed by atoms with Crippen LogP contribution in [0, 0.1) is 0 Å². The summed E-state index contributed by atoms with van der Waals surface area (Å²) in [7, 11) is 4.22. The quantitative estimate of drug-likeness (QED) is 0.706. The Hall–Kier alpha value is -2.14. The zero-order valence-electron chi connectivity index (χ0n) is 17.0. The molecule has 1 saturated heterocycles. The maximum Gasteiger partial charge on any atom is 0.228 e. The van der Waals surface area contributed by atoms with E-state index in [0.717, 1.165) is 55.5 Å². The van der Waals surface area contributed by atoms with Crippen LogP contribution in [0.1, 0.15) is 39.0 Å². The molecule has 0 bridgehead atoms. The van der Waals surface area contributed by atoms with Crippen molar-refractivity contribution in [1.29, 1.82) is 0 Å². The molecule has 0 amide bonds. The first kappa shape index (κ1) is 19.6. The van der Waals surface area contributed by atoms with Crippen molar-refractivity contribution in [1.82, 2.24) is 14.9 Å². The van der Waals surface area contributed by atoms with Crippen molar-refractivity contribution in [3.8, 4) is 11.3 Å². The van der Waals surface area contributed by atoms with E-state index in [4.69, 9.17) is 9.97 Å². The highest BCUT2D eigenvalue weighted by atomic mass is 15.3. The van der Waals surface area contributed by atoms with Gasteiger partial charge in [-0.05, 0) is 52.7 Å². The van der Waals surface area contributed by atoms with E-state index >= 15 is 0 Å². The van der Waals surface area contributed by atoms with Gasteiger partial charge < -0.3 is 15.1 Å². The summed E-state index contributed by atoms with van der Waals surface area (Å²) in [5.41, 5.74) is 2.14. The number of benzene rings is 1. The lowest BCUT2D eigenvalue weighted by Gasteiger charge is -2.35. The Balaban J connectivity index is 1.86. The van der Waals surface area contributed by atoms with Crippen LogP contribution in [0.2, 0.25) is 0 Å². The lowest BCUT2D eigenvalue weighted by Crippen LogP contribution is -2.40. The molecule has 1 N–H and O–H groups in total. The molecule has 1 unspecified atom stereocenters. The van der Waals surface area contributed by atoms with Gasteiger partial charge >= 0.3 is 0 Å². The maximum absolute atomic E-state index is 4.95. The van der Waals surface area contributed by atoms with Gasteiger partial charge in [0.1, 0.15) is 5.82 Å². The first-order valence-corrected chi connectivity index (χ1v) is 10.3. The fourth-order valence-corrected chi connectivity index (χ4v) is 3.71. The fourth-order valence-electron chi connectivity index (χ4n) is 3.71.